The molecular weight excluding hydrogens is 555 g/mol. The minimum absolute atomic E-state index is 0.00945. The zero-order chi connectivity index (χ0) is 29.2. The molecule has 0 amide bonds. The second kappa shape index (κ2) is 11.6. The summed E-state index contributed by atoms with van der Waals surface area (Å²) >= 11 is 0. The van der Waals surface area contributed by atoms with Crippen LogP contribution in [0, 0.1) is 0 Å². The molecular formula is C26H43NO7SSi3. The summed E-state index contributed by atoms with van der Waals surface area (Å²) in [4.78, 5) is 14.7. The predicted octanol–water partition coefficient (Wildman–Crippen LogP) is 5.34. The van der Waals surface area contributed by atoms with E-state index in [-0.39, 0.29) is 17.0 Å². The molecule has 0 atom stereocenters. The number of rotatable bonds is 11. The fourth-order valence-electron chi connectivity index (χ4n) is 3.73. The molecule has 0 aromatic heterocycles. The summed E-state index contributed by atoms with van der Waals surface area (Å²) in [6, 6.07) is 7.80. The van der Waals surface area contributed by atoms with Gasteiger partial charge in [-0.15, -0.1) is 0 Å². The Kier molecular flexibility index (Phi) is 9.88. The first-order chi connectivity index (χ1) is 17.2. The lowest BCUT2D eigenvalue weighted by Gasteiger charge is -2.39. The van der Waals surface area contributed by atoms with Gasteiger partial charge < -0.3 is 22.6 Å². The van der Waals surface area contributed by atoms with Gasteiger partial charge in [-0.3, -0.25) is 0 Å². The van der Waals surface area contributed by atoms with Gasteiger partial charge in [0.1, 0.15) is 13.2 Å². The largest absolute Gasteiger partial charge is 0.477 e. The number of sulfone groups is 1. The summed E-state index contributed by atoms with van der Waals surface area (Å²) < 4.78 is 51.2. The zero-order valence-corrected chi connectivity index (χ0v) is 28.2. The number of benzene rings is 1. The normalized spacial score (nSPS) is 17.9. The monoisotopic (exact) mass is 597 g/mol. The minimum atomic E-state index is -4.18. The predicted molar refractivity (Wildman–Crippen MR) is 158 cm³/mol. The average molecular weight is 598 g/mol. The van der Waals surface area contributed by atoms with Crippen LogP contribution in [-0.4, -0.2) is 70.3 Å². The van der Waals surface area contributed by atoms with Crippen LogP contribution in [0.2, 0.25) is 45.8 Å². The van der Waals surface area contributed by atoms with Crippen LogP contribution in [0.1, 0.15) is 13.8 Å². The third-order valence-corrected chi connectivity index (χ3v) is 17.0. The Bertz CT molecular complexity index is 1180. The number of likely N-dealkylation sites (N-methyl/N-ethyl adjacent to an activating group) is 1. The molecule has 2 rings (SSSR count). The molecule has 0 radical (unpaired) electrons. The van der Waals surface area contributed by atoms with E-state index in [0.29, 0.717) is 17.7 Å². The van der Waals surface area contributed by atoms with Gasteiger partial charge in [0.25, 0.3) is 0 Å². The maximum absolute atomic E-state index is 13.5. The van der Waals surface area contributed by atoms with Crippen molar-refractivity contribution in [1.82, 2.24) is 4.90 Å². The maximum atomic E-state index is 13.5. The molecule has 0 bridgehead atoms. The molecule has 0 unspecified atom stereocenters. The molecule has 212 valence electrons. The first kappa shape index (κ1) is 32.2. The Morgan fingerprint density at radius 2 is 1.58 bits per heavy atom. The quantitative estimate of drug-likeness (QED) is 0.192. The molecule has 38 heavy (non-hydrogen) atoms. The van der Waals surface area contributed by atoms with Crippen molar-refractivity contribution >= 4 is 41.0 Å². The maximum Gasteiger partial charge on any atom is 0.350 e. The highest BCUT2D eigenvalue weighted by molar-refractivity contribution is 7.96. The Balaban J connectivity index is 2.40. The lowest BCUT2D eigenvalue weighted by molar-refractivity contribution is -0.137. The smallest absolute Gasteiger partial charge is 0.350 e. The highest BCUT2D eigenvalue weighted by Crippen LogP contribution is 2.29. The van der Waals surface area contributed by atoms with Gasteiger partial charge in [-0.1, -0.05) is 24.8 Å². The number of allylic oxidation sites excluding steroid dienone is 2. The van der Waals surface area contributed by atoms with Crippen LogP contribution in [0.25, 0.3) is 0 Å². The molecule has 0 saturated carbocycles. The first-order valence-electron chi connectivity index (χ1n) is 12.5. The highest BCUT2D eigenvalue weighted by atomic mass is 32.2. The Labute approximate surface area is 231 Å². The van der Waals surface area contributed by atoms with E-state index in [1.807, 2.05) is 32.3 Å². The summed E-state index contributed by atoms with van der Waals surface area (Å²) in [6.07, 6.45) is 2.73. The lowest BCUT2D eigenvalue weighted by atomic mass is 10.1. The molecule has 1 aromatic rings. The van der Waals surface area contributed by atoms with Gasteiger partial charge in [0.2, 0.25) is 9.84 Å². The SMILES string of the molecule is C=C(COC(=O)/C(=C\C=C1\OCC(C)(C)N1C)S(=O)(=O)c1ccccc1)[Si](C)(O[Si](C)(C)C)O[Si](C)(C)C. The van der Waals surface area contributed by atoms with E-state index < -0.39 is 45.9 Å². The van der Waals surface area contributed by atoms with Crippen molar-refractivity contribution in [3.8, 4) is 0 Å². The molecule has 1 aliphatic rings. The van der Waals surface area contributed by atoms with Crippen molar-refractivity contribution in [2.75, 3.05) is 20.3 Å². The molecule has 8 nitrogen and oxygen atoms in total. The van der Waals surface area contributed by atoms with Gasteiger partial charge >= 0.3 is 14.5 Å². The van der Waals surface area contributed by atoms with Crippen molar-refractivity contribution in [2.45, 2.75) is 70.1 Å². The van der Waals surface area contributed by atoms with E-state index in [1.165, 1.54) is 24.3 Å². The summed E-state index contributed by atoms with van der Waals surface area (Å²) in [5, 5.41) is 0.533. The van der Waals surface area contributed by atoms with Gasteiger partial charge in [-0.05, 0) is 84.0 Å². The van der Waals surface area contributed by atoms with Crippen LogP contribution in [0.15, 0.2) is 69.9 Å². The van der Waals surface area contributed by atoms with Crippen molar-refractivity contribution in [3.05, 3.63) is 65.0 Å². The molecule has 1 heterocycles. The number of hydrogen-bond acceptors (Lipinski definition) is 8. The second-order valence-electron chi connectivity index (χ2n) is 12.1. The second-order valence-corrected chi connectivity index (χ2v) is 26.7. The Hall–Kier alpha value is -1.97. The van der Waals surface area contributed by atoms with Crippen LogP contribution in [0.4, 0.5) is 0 Å². The molecule has 1 fully saturated rings. The number of nitrogens with zero attached hydrogens (tertiary/aromatic N) is 1. The van der Waals surface area contributed by atoms with Crippen LogP contribution in [0.3, 0.4) is 0 Å². The fraction of sp³-hybridized carbons (Fsp3) is 0.500. The van der Waals surface area contributed by atoms with Gasteiger partial charge in [0.15, 0.2) is 27.4 Å². The van der Waals surface area contributed by atoms with Crippen LogP contribution >= 0.6 is 0 Å². The van der Waals surface area contributed by atoms with Crippen molar-refractivity contribution in [1.29, 1.82) is 0 Å². The van der Waals surface area contributed by atoms with Crippen LogP contribution < -0.4 is 0 Å². The third-order valence-electron chi connectivity index (χ3n) is 5.75. The standard InChI is InChI=1S/C26H43NO7SSi3/c1-21(38(11,33-36(5,6)7)34-37(8,9)10)19-31-25(28)23(35(29,30)22-15-13-12-14-16-22)17-18-24-27(4)26(2,3)20-32-24/h12-18H,1,19-20H2,2-11H3/b23-17+,24-18+. The number of carbonyl (C=O) groups excluding carboxylic acids is 1. The third kappa shape index (κ3) is 8.52. The zero-order valence-electron chi connectivity index (χ0n) is 24.4. The molecule has 1 aromatic carbocycles. The first-order valence-corrected chi connectivity index (χ1v) is 23.1. The van der Waals surface area contributed by atoms with Gasteiger partial charge in [0, 0.05) is 12.2 Å². The van der Waals surface area contributed by atoms with Crippen LogP contribution in [0.5, 0.6) is 0 Å². The van der Waals surface area contributed by atoms with Crippen LogP contribution in [-0.2, 0) is 32.3 Å². The summed E-state index contributed by atoms with van der Waals surface area (Å²) in [6.45, 7) is 22.7. The lowest BCUT2D eigenvalue weighted by Crippen LogP contribution is -2.54. The van der Waals surface area contributed by atoms with Crippen molar-refractivity contribution in [3.63, 3.8) is 0 Å². The fourth-order valence-corrected chi connectivity index (χ4v) is 16.4. The van der Waals surface area contributed by atoms with E-state index in [2.05, 4.69) is 45.9 Å². The number of carbonyl (C=O) groups is 1. The molecule has 0 N–H and O–H groups in total. The number of ether oxygens (including phenoxy) is 2. The van der Waals surface area contributed by atoms with E-state index in [9.17, 15) is 13.2 Å². The van der Waals surface area contributed by atoms with E-state index in [0.717, 1.165) is 0 Å². The molecule has 0 spiro atoms. The topological polar surface area (TPSA) is 91.4 Å². The van der Waals surface area contributed by atoms with E-state index in [4.69, 9.17) is 17.7 Å². The molecule has 0 aliphatic carbocycles. The Morgan fingerprint density at radius 1 is 1.05 bits per heavy atom. The molecule has 1 saturated heterocycles. The van der Waals surface area contributed by atoms with E-state index in [1.54, 1.807) is 18.2 Å². The number of esters is 1. The van der Waals surface area contributed by atoms with Crippen molar-refractivity contribution in [2.24, 2.45) is 0 Å². The van der Waals surface area contributed by atoms with Crippen molar-refractivity contribution < 1.29 is 30.9 Å². The molecule has 12 heteroatoms. The Morgan fingerprint density at radius 3 is 2.03 bits per heavy atom. The highest BCUT2D eigenvalue weighted by Gasteiger charge is 2.43. The summed E-state index contributed by atoms with van der Waals surface area (Å²) in [7, 11) is -9.34. The minimum Gasteiger partial charge on any atom is -0.477 e. The average Bonchev–Trinajstić information content (AvgIpc) is 3.02. The van der Waals surface area contributed by atoms with Gasteiger partial charge in [-0.25, -0.2) is 13.2 Å². The number of hydrogen-bond donors (Lipinski definition) is 0. The van der Waals surface area contributed by atoms with E-state index >= 15 is 0 Å². The molecule has 1 aliphatic heterocycles. The summed E-state index contributed by atoms with van der Waals surface area (Å²) in [5.41, 5.74) is -0.266. The summed E-state index contributed by atoms with van der Waals surface area (Å²) in [5.74, 6) is -0.524. The van der Waals surface area contributed by atoms with Gasteiger partial charge in [0.05, 0.1) is 10.4 Å². The van der Waals surface area contributed by atoms with Gasteiger partial charge in [-0.2, -0.15) is 0 Å².